The van der Waals surface area contributed by atoms with Crippen molar-refractivity contribution in [3.05, 3.63) is 28.0 Å². The molecule has 0 N–H and O–H groups in total. The highest BCUT2D eigenvalue weighted by atomic mass is 79.9. The third kappa shape index (κ3) is 2.19. The van der Waals surface area contributed by atoms with Crippen molar-refractivity contribution >= 4 is 15.9 Å². The topological polar surface area (TPSA) is 33.0 Å². The Balaban J connectivity index is 3.23. The fourth-order valence-electron chi connectivity index (χ4n) is 1.06. The molecule has 0 saturated heterocycles. The van der Waals surface area contributed by atoms with Crippen molar-refractivity contribution in [1.82, 2.24) is 0 Å². The van der Waals surface area contributed by atoms with Crippen LogP contribution >= 0.6 is 15.9 Å². The van der Waals surface area contributed by atoms with Crippen molar-refractivity contribution in [2.75, 3.05) is 7.11 Å². The van der Waals surface area contributed by atoms with Crippen molar-refractivity contribution in [1.29, 1.82) is 5.26 Å². The van der Waals surface area contributed by atoms with Gasteiger partial charge < -0.3 is 4.74 Å². The van der Waals surface area contributed by atoms with Gasteiger partial charge in [-0.05, 0) is 28.1 Å². The second kappa shape index (κ2) is 4.24. The maximum absolute atomic E-state index is 12.9. The number of rotatable bonds is 2. The third-order valence-corrected chi connectivity index (χ3v) is 2.15. The lowest BCUT2D eigenvalue weighted by Crippen LogP contribution is -1.93. The Morgan fingerprint density at radius 1 is 1.62 bits per heavy atom. The van der Waals surface area contributed by atoms with Crippen LogP contribution in [0.15, 0.2) is 16.6 Å². The van der Waals surface area contributed by atoms with Gasteiger partial charge in [-0.1, -0.05) is 0 Å². The fraction of sp³-hybridized carbons (Fsp3) is 0.222. The smallest absolute Gasteiger partial charge is 0.137 e. The highest BCUT2D eigenvalue weighted by Gasteiger charge is 2.09. The van der Waals surface area contributed by atoms with E-state index in [-0.39, 0.29) is 12.2 Å². The van der Waals surface area contributed by atoms with Gasteiger partial charge in [0.2, 0.25) is 0 Å². The standard InChI is InChI=1S/C9H7BrFNO/c1-13-9-6(2-3-12)4-7(11)5-8(9)10/h4-5H,2H2,1H3. The second-order valence-corrected chi connectivity index (χ2v) is 3.27. The maximum atomic E-state index is 12.9. The van der Waals surface area contributed by atoms with Crippen LogP contribution in [-0.2, 0) is 6.42 Å². The molecule has 13 heavy (non-hydrogen) atoms. The number of halogens is 2. The van der Waals surface area contributed by atoms with Crippen molar-refractivity contribution in [3.63, 3.8) is 0 Å². The van der Waals surface area contributed by atoms with Crippen LogP contribution in [0.25, 0.3) is 0 Å². The summed E-state index contributed by atoms with van der Waals surface area (Å²) in [6.45, 7) is 0. The van der Waals surface area contributed by atoms with Crippen LogP contribution in [0.4, 0.5) is 4.39 Å². The predicted octanol–water partition coefficient (Wildman–Crippen LogP) is 2.66. The van der Waals surface area contributed by atoms with E-state index in [0.717, 1.165) is 0 Å². The molecule has 0 aliphatic carbocycles. The van der Waals surface area contributed by atoms with Gasteiger partial charge in [-0.25, -0.2) is 4.39 Å². The summed E-state index contributed by atoms with van der Waals surface area (Å²) in [6, 6.07) is 4.55. The molecule has 0 aromatic heterocycles. The summed E-state index contributed by atoms with van der Waals surface area (Å²) in [5.74, 6) is 0.140. The third-order valence-electron chi connectivity index (χ3n) is 1.56. The molecule has 0 unspecified atom stereocenters. The molecule has 4 heteroatoms. The first-order valence-corrected chi connectivity index (χ1v) is 4.37. The summed E-state index contributed by atoms with van der Waals surface area (Å²) >= 11 is 3.15. The van der Waals surface area contributed by atoms with Gasteiger partial charge in [-0.3, -0.25) is 0 Å². The second-order valence-electron chi connectivity index (χ2n) is 2.41. The molecule has 0 radical (unpaired) electrons. The van der Waals surface area contributed by atoms with E-state index < -0.39 is 0 Å². The van der Waals surface area contributed by atoms with Gasteiger partial charge in [0, 0.05) is 5.56 Å². The normalized spacial score (nSPS) is 9.38. The number of benzene rings is 1. The van der Waals surface area contributed by atoms with Crippen LogP contribution in [0.3, 0.4) is 0 Å². The van der Waals surface area contributed by atoms with E-state index >= 15 is 0 Å². The SMILES string of the molecule is COc1c(Br)cc(F)cc1CC#N. The molecule has 0 bridgehead atoms. The number of hydrogen-bond donors (Lipinski definition) is 0. The molecule has 0 spiro atoms. The van der Waals surface area contributed by atoms with E-state index in [1.807, 2.05) is 6.07 Å². The summed E-state index contributed by atoms with van der Waals surface area (Å²) < 4.78 is 18.4. The zero-order chi connectivity index (χ0) is 9.84. The molecule has 1 aromatic carbocycles. The van der Waals surface area contributed by atoms with Crippen LogP contribution in [0.2, 0.25) is 0 Å². The lowest BCUT2D eigenvalue weighted by molar-refractivity contribution is 0.406. The Morgan fingerprint density at radius 3 is 2.85 bits per heavy atom. The molecule has 1 aromatic rings. The van der Waals surface area contributed by atoms with Crippen molar-refractivity contribution in [2.45, 2.75) is 6.42 Å². The van der Waals surface area contributed by atoms with Gasteiger partial charge in [-0.2, -0.15) is 5.26 Å². The van der Waals surface area contributed by atoms with E-state index in [1.165, 1.54) is 19.2 Å². The summed E-state index contributed by atoms with van der Waals surface area (Å²) in [4.78, 5) is 0. The molecular weight excluding hydrogens is 237 g/mol. The highest BCUT2D eigenvalue weighted by Crippen LogP contribution is 2.30. The van der Waals surface area contributed by atoms with Crippen molar-refractivity contribution in [3.8, 4) is 11.8 Å². The summed E-state index contributed by atoms with van der Waals surface area (Å²) in [5.41, 5.74) is 0.553. The van der Waals surface area contributed by atoms with Crippen molar-refractivity contribution in [2.24, 2.45) is 0 Å². The number of methoxy groups -OCH3 is 1. The molecule has 0 aliphatic heterocycles. The van der Waals surface area contributed by atoms with Gasteiger partial charge in [0.25, 0.3) is 0 Å². The minimum atomic E-state index is -0.377. The van der Waals surface area contributed by atoms with Gasteiger partial charge in [-0.15, -0.1) is 0 Å². The van der Waals surface area contributed by atoms with Gasteiger partial charge >= 0.3 is 0 Å². The Kier molecular flexibility index (Phi) is 3.26. The van der Waals surface area contributed by atoms with Crippen molar-refractivity contribution < 1.29 is 9.13 Å². The van der Waals surface area contributed by atoms with Gasteiger partial charge in [0.1, 0.15) is 11.6 Å². The number of nitriles is 1. The van der Waals surface area contributed by atoms with E-state index in [1.54, 1.807) is 0 Å². The average molecular weight is 244 g/mol. The Bertz CT molecular complexity index is 359. The Labute approximate surface area is 84.1 Å². The monoisotopic (exact) mass is 243 g/mol. The zero-order valence-electron chi connectivity index (χ0n) is 6.97. The first kappa shape index (κ1) is 10.0. The van der Waals surface area contributed by atoms with Crippen LogP contribution in [0, 0.1) is 17.1 Å². The molecule has 68 valence electrons. The molecule has 0 fully saturated rings. The quantitative estimate of drug-likeness (QED) is 0.801. The number of ether oxygens (including phenoxy) is 1. The molecule has 0 amide bonds. The Hall–Kier alpha value is -1.08. The number of hydrogen-bond acceptors (Lipinski definition) is 2. The van der Waals surface area contributed by atoms with E-state index in [0.29, 0.717) is 15.8 Å². The first-order chi connectivity index (χ1) is 6.19. The molecule has 0 heterocycles. The van der Waals surface area contributed by atoms with E-state index in [4.69, 9.17) is 10.00 Å². The molecular formula is C9H7BrFNO. The minimum absolute atomic E-state index is 0.138. The lowest BCUT2D eigenvalue weighted by atomic mass is 10.1. The predicted molar refractivity (Wildman–Crippen MR) is 50.0 cm³/mol. The molecule has 0 atom stereocenters. The largest absolute Gasteiger partial charge is 0.495 e. The summed E-state index contributed by atoms with van der Waals surface area (Å²) in [5, 5.41) is 8.48. The van der Waals surface area contributed by atoms with Crippen LogP contribution < -0.4 is 4.74 Å². The lowest BCUT2D eigenvalue weighted by Gasteiger charge is -2.07. The van der Waals surface area contributed by atoms with Crippen LogP contribution in [0.5, 0.6) is 5.75 Å². The first-order valence-electron chi connectivity index (χ1n) is 3.58. The van der Waals surface area contributed by atoms with Crippen LogP contribution in [0.1, 0.15) is 5.56 Å². The fourth-order valence-corrected chi connectivity index (χ4v) is 1.69. The molecule has 1 rings (SSSR count). The summed E-state index contributed by atoms with van der Waals surface area (Å²) in [7, 11) is 1.48. The summed E-state index contributed by atoms with van der Waals surface area (Å²) in [6.07, 6.45) is 0.138. The average Bonchev–Trinajstić information content (AvgIpc) is 2.04. The zero-order valence-corrected chi connectivity index (χ0v) is 8.56. The minimum Gasteiger partial charge on any atom is -0.495 e. The molecule has 0 saturated carbocycles. The highest BCUT2D eigenvalue weighted by molar-refractivity contribution is 9.10. The molecule has 2 nitrogen and oxygen atoms in total. The van der Waals surface area contributed by atoms with Gasteiger partial charge in [0.15, 0.2) is 0 Å². The molecule has 0 aliphatic rings. The maximum Gasteiger partial charge on any atom is 0.137 e. The Morgan fingerprint density at radius 2 is 2.31 bits per heavy atom. The van der Waals surface area contributed by atoms with E-state index in [2.05, 4.69) is 15.9 Å². The van der Waals surface area contributed by atoms with Gasteiger partial charge in [0.05, 0.1) is 24.1 Å². The number of nitrogens with zero attached hydrogens (tertiary/aromatic N) is 1. The van der Waals surface area contributed by atoms with E-state index in [9.17, 15) is 4.39 Å². The van der Waals surface area contributed by atoms with Crippen LogP contribution in [-0.4, -0.2) is 7.11 Å².